The monoisotopic (exact) mass is 181 g/mol. The zero-order valence-electron chi connectivity index (χ0n) is 4.77. The second-order valence-corrected chi connectivity index (χ2v) is 3.00. The number of carbonyl (C=O) groups is 1. The molecule has 1 amide bonds. The van der Waals surface area contributed by atoms with Crippen LogP contribution in [0.2, 0.25) is 0 Å². The summed E-state index contributed by atoms with van der Waals surface area (Å²) < 4.78 is 3.63. The van der Waals surface area contributed by atoms with E-state index in [4.69, 9.17) is 5.73 Å². The fraction of sp³-hybridized carbons (Fsp3) is 0.750. The van der Waals surface area contributed by atoms with Gasteiger partial charge in [-0.2, -0.15) is 0 Å². The summed E-state index contributed by atoms with van der Waals surface area (Å²) in [6.07, 6.45) is 0. The Labute approximate surface area is 56.3 Å². The molecule has 1 unspecified atom stereocenters. The molecular weight excluding hydrogens is 174 g/mol. The fourth-order valence-electron chi connectivity index (χ4n) is 0.101. The van der Waals surface area contributed by atoms with Crippen molar-refractivity contribution in [3.05, 3.63) is 0 Å². The molecule has 0 bridgehead atoms. The molecule has 0 aliphatic heterocycles. The Hall–Kier alpha value is -0.0900. The molecular formula is C4H8BrNO2. The summed E-state index contributed by atoms with van der Waals surface area (Å²) in [5, 5.41) is 0. The van der Waals surface area contributed by atoms with E-state index in [9.17, 15) is 4.79 Å². The van der Waals surface area contributed by atoms with Gasteiger partial charge in [0, 0.05) is 7.11 Å². The number of rotatable bonds is 2. The molecule has 1 atom stereocenters. The number of methoxy groups -OCH3 is 1. The average molecular weight is 182 g/mol. The van der Waals surface area contributed by atoms with Crippen LogP contribution in [0.1, 0.15) is 6.92 Å². The maximum absolute atomic E-state index is 10.3. The lowest BCUT2D eigenvalue weighted by molar-refractivity contribution is -0.128. The number of alkyl halides is 1. The van der Waals surface area contributed by atoms with E-state index in [0.717, 1.165) is 0 Å². The number of carbonyl (C=O) groups excluding carboxylic acids is 1. The Morgan fingerprint density at radius 2 is 2.25 bits per heavy atom. The number of halogens is 1. The minimum atomic E-state index is -1.01. The van der Waals surface area contributed by atoms with Crippen LogP contribution in [0.15, 0.2) is 0 Å². The first-order valence-electron chi connectivity index (χ1n) is 2.04. The lowest BCUT2D eigenvalue weighted by atomic mass is 10.4. The minimum Gasteiger partial charge on any atom is -0.366 e. The normalized spacial score (nSPS) is 17.4. The van der Waals surface area contributed by atoms with Gasteiger partial charge < -0.3 is 10.5 Å². The highest BCUT2D eigenvalue weighted by molar-refractivity contribution is 9.10. The molecule has 0 heterocycles. The summed E-state index contributed by atoms with van der Waals surface area (Å²) in [5.41, 5.74) is 4.87. The predicted octanol–water partition coefficient (Wildman–Crippen LogP) is 0.229. The van der Waals surface area contributed by atoms with Crippen LogP contribution in [0.4, 0.5) is 0 Å². The highest BCUT2D eigenvalue weighted by Crippen LogP contribution is 2.15. The zero-order valence-corrected chi connectivity index (χ0v) is 6.36. The molecule has 0 aliphatic carbocycles. The lowest BCUT2D eigenvalue weighted by Gasteiger charge is -2.14. The van der Waals surface area contributed by atoms with E-state index >= 15 is 0 Å². The first kappa shape index (κ1) is 7.91. The molecule has 0 spiro atoms. The third kappa shape index (κ3) is 1.79. The second kappa shape index (κ2) is 2.46. The van der Waals surface area contributed by atoms with E-state index in [1.54, 1.807) is 0 Å². The smallest absolute Gasteiger partial charge is 0.260 e. The van der Waals surface area contributed by atoms with Gasteiger partial charge in [-0.25, -0.2) is 0 Å². The van der Waals surface area contributed by atoms with Crippen molar-refractivity contribution in [2.75, 3.05) is 7.11 Å². The number of amides is 1. The van der Waals surface area contributed by atoms with Gasteiger partial charge in [0.05, 0.1) is 0 Å². The molecule has 0 aromatic carbocycles. The quantitative estimate of drug-likeness (QED) is 0.621. The third-order valence-electron chi connectivity index (χ3n) is 0.823. The van der Waals surface area contributed by atoms with Crippen molar-refractivity contribution in [1.29, 1.82) is 0 Å². The van der Waals surface area contributed by atoms with Gasteiger partial charge in [0.1, 0.15) is 0 Å². The van der Waals surface area contributed by atoms with E-state index in [1.165, 1.54) is 14.0 Å². The van der Waals surface area contributed by atoms with Crippen molar-refractivity contribution in [3.63, 3.8) is 0 Å². The molecule has 2 N–H and O–H groups in total. The maximum atomic E-state index is 10.3. The topological polar surface area (TPSA) is 52.3 Å². The summed E-state index contributed by atoms with van der Waals surface area (Å²) in [5.74, 6) is -0.528. The van der Waals surface area contributed by atoms with E-state index in [0.29, 0.717) is 0 Å². The van der Waals surface area contributed by atoms with Crippen LogP contribution in [0.5, 0.6) is 0 Å². The standard InChI is InChI=1S/C4H8BrNO2/c1-4(5,8-2)3(6)7/h1-2H3,(H2,6,7). The number of hydrogen-bond acceptors (Lipinski definition) is 2. The van der Waals surface area contributed by atoms with Gasteiger partial charge in [0.15, 0.2) is 4.51 Å². The number of ether oxygens (including phenoxy) is 1. The molecule has 0 aliphatic rings. The molecule has 0 rings (SSSR count). The number of hydrogen-bond donors (Lipinski definition) is 1. The van der Waals surface area contributed by atoms with Crippen molar-refractivity contribution < 1.29 is 9.53 Å². The molecule has 0 aromatic rings. The van der Waals surface area contributed by atoms with E-state index in [-0.39, 0.29) is 0 Å². The van der Waals surface area contributed by atoms with Crippen molar-refractivity contribution in [2.24, 2.45) is 5.73 Å². The van der Waals surface area contributed by atoms with Crippen LogP contribution in [0, 0.1) is 0 Å². The summed E-state index contributed by atoms with van der Waals surface area (Å²) in [6, 6.07) is 0. The molecule has 48 valence electrons. The summed E-state index contributed by atoms with van der Waals surface area (Å²) in [4.78, 5) is 10.3. The predicted molar refractivity (Wildman–Crippen MR) is 33.5 cm³/mol. The molecule has 0 radical (unpaired) electrons. The third-order valence-corrected chi connectivity index (χ3v) is 1.54. The largest absolute Gasteiger partial charge is 0.366 e. The molecule has 0 fully saturated rings. The molecule has 4 heteroatoms. The van der Waals surface area contributed by atoms with Gasteiger partial charge >= 0.3 is 0 Å². The Morgan fingerprint density at radius 3 is 2.25 bits per heavy atom. The molecule has 0 saturated heterocycles. The molecule has 0 saturated carbocycles. The van der Waals surface area contributed by atoms with Gasteiger partial charge in [-0.3, -0.25) is 4.79 Å². The van der Waals surface area contributed by atoms with Crippen LogP contribution in [-0.2, 0) is 9.53 Å². The van der Waals surface area contributed by atoms with E-state index in [2.05, 4.69) is 20.7 Å². The van der Waals surface area contributed by atoms with Gasteiger partial charge in [-0.1, -0.05) is 0 Å². The van der Waals surface area contributed by atoms with E-state index in [1.807, 2.05) is 0 Å². The lowest BCUT2D eigenvalue weighted by Crippen LogP contribution is -2.36. The SMILES string of the molecule is COC(C)(Br)C(N)=O. The molecule has 8 heavy (non-hydrogen) atoms. The average Bonchev–Trinajstić information content (AvgIpc) is 1.67. The zero-order chi connectivity index (χ0) is 6.78. The maximum Gasteiger partial charge on any atom is 0.260 e. The minimum absolute atomic E-state index is 0.528. The highest BCUT2D eigenvalue weighted by Gasteiger charge is 2.25. The fourth-order valence-corrected chi connectivity index (χ4v) is 0.101. The van der Waals surface area contributed by atoms with Crippen molar-refractivity contribution in [1.82, 2.24) is 0 Å². The van der Waals surface area contributed by atoms with Gasteiger partial charge in [0.2, 0.25) is 0 Å². The Balaban J connectivity index is 3.91. The van der Waals surface area contributed by atoms with Crippen molar-refractivity contribution in [3.8, 4) is 0 Å². The van der Waals surface area contributed by atoms with Crippen LogP contribution in [0.25, 0.3) is 0 Å². The summed E-state index contributed by atoms with van der Waals surface area (Å²) in [6.45, 7) is 1.54. The first-order chi connectivity index (χ1) is 3.50. The molecule has 3 nitrogen and oxygen atoms in total. The van der Waals surface area contributed by atoms with Gasteiger partial charge in [0.25, 0.3) is 5.91 Å². The van der Waals surface area contributed by atoms with Crippen LogP contribution < -0.4 is 5.73 Å². The van der Waals surface area contributed by atoms with E-state index < -0.39 is 10.4 Å². The Kier molecular flexibility index (Phi) is 2.43. The molecule has 0 aromatic heterocycles. The van der Waals surface area contributed by atoms with Gasteiger partial charge in [-0.05, 0) is 22.9 Å². The second-order valence-electron chi connectivity index (χ2n) is 1.49. The van der Waals surface area contributed by atoms with Crippen molar-refractivity contribution >= 4 is 21.8 Å². The first-order valence-corrected chi connectivity index (χ1v) is 2.84. The van der Waals surface area contributed by atoms with Crippen LogP contribution >= 0.6 is 15.9 Å². The van der Waals surface area contributed by atoms with Crippen LogP contribution in [-0.4, -0.2) is 17.5 Å². The highest BCUT2D eigenvalue weighted by atomic mass is 79.9. The van der Waals surface area contributed by atoms with Crippen LogP contribution in [0.3, 0.4) is 0 Å². The Morgan fingerprint density at radius 1 is 1.88 bits per heavy atom. The number of primary amides is 1. The number of nitrogens with two attached hydrogens (primary N) is 1. The Bertz CT molecular complexity index is 102. The van der Waals surface area contributed by atoms with Crippen molar-refractivity contribution in [2.45, 2.75) is 11.4 Å². The van der Waals surface area contributed by atoms with Gasteiger partial charge in [-0.15, -0.1) is 0 Å². The summed E-state index contributed by atoms with van der Waals surface area (Å²) >= 11 is 2.95. The summed E-state index contributed by atoms with van der Waals surface area (Å²) in [7, 11) is 1.40.